The van der Waals surface area contributed by atoms with Crippen LogP contribution >= 0.6 is 0 Å². The lowest BCUT2D eigenvalue weighted by atomic mass is 9.97. The first-order valence-electron chi connectivity index (χ1n) is 17.0. The van der Waals surface area contributed by atoms with Crippen molar-refractivity contribution in [3.63, 3.8) is 0 Å². The molecule has 12 N–H and O–H groups in total. The monoisotopic (exact) mass is 636 g/mol. The Labute approximate surface area is 264 Å². The maximum atomic E-state index is 10.4. The highest BCUT2D eigenvalue weighted by atomic mass is 16.7. The van der Waals surface area contributed by atoms with E-state index < -0.39 is 67.4 Å². The van der Waals surface area contributed by atoms with E-state index in [9.17, 15) is 20.4 Å². The van der Waals surface area contributed by atoms with Crippen LogP contribution in [0.5, 0.6) is 0 Å². The zero-order valence-corrected chi connectivity index (χ0v) is 26.9. The summed E-state index contributed by atoms with van der Waals surface area (Å²) in [5, 5.41) is 41.0. The van der Waals surface area contributed by atoms with E-state index >= 15 is 0 Å². The molecule has 2 aliphatic rings. The highest BCUT2D eigenvalue weighted by Crippen LogP contribution is 2.24. The fraction of sp³-hybridized carbons (Fsp3) is 1.00. The Kier molecular flexibility index (Phi) is 20.7. The van der Waals surface area contributed by atoms with Gasteiger partial charge in [0.2, 0.25) is 0 Å². The summed E-state index contributed by atoms with van der Waals surface area (Å²) in [6.45, 7) is 2.78. The second-order valence-corrected chi connectivity index (χ2v) is 12.4. The molecule has 44 heavy (non-hydrogen) atoms. The van der Waals surface area contributed by atoms with Gasteiger partial charge < -0.3 is 67.0 Å². The molecular weight excluding hydrogens is 572 g/mol. The molecule has 0 amide bonds. The third-order valence-electron chi connectivity index (χ3n) is 8.68. The fourth-order valence-electron chi connectivity index (χ4n) is 5.70. The third-order valence-corrected chi connectivity index (χ3v) is 8.68. The number of hydrogen-bond donors (Lipinski definition) is 8. The Balaban J connectivity index is 1.73. The molecule has 11 atom stereocenters. The molecule has 2 fully saturated rings. The van der Waals surface area contributed by atoms with Crippen molar-refractivity contribution in [2.45, 2.75) is 164 Å². The lowest BCUT2D eigenvalue weighted by Gasteiger charge is -2.42. The predicted octanol–water partition coefficient (Wildman–Crippen LogP) is 0.352. The standard InChI is InChI=1S/C31H64N4O9/c1-2-3-4-5-6-7-8-9-10-11-12-13-14-15-16-40-19-21(42-31-25(35)29(39)27(37)23(18-33)44-31)20-41-30-24(34)28(38)26(36)22(17-32)43-30/h21-31,36-39H,2-20,32-35H2,1H3/t21-,22?,23?,24?,25?,26-,27-,28-,29-,30-,31-/m1/s1. The van der Waals surface area contributed by atoms with Gasteiger partial charge in [0.15, 0.2) is 12.6 Å². The van der Waals surface area contributed by atoms with E-state index in [2.05, 4.69) is 6.92 Å². The summed E-state index contributed by atoms with van der Waals surface area (Å²) in [5.74, 6) is 0. The van der Waals surface area contributed by atoms with Gasteiger partial charge in [-0.1, -0.05) is 90.4 Å². The van der Waals surface area contributed by atoms with Gasteiger partial charge in [-0.25, -0.2) is 0 Å². The Morgan fingerprint density at radius 2 is 1.02 bits per heavy atom. The predicted molar refractivity (Wildman–Crippen MR) is 167 cm³/mol. The molecule has 0 saturated carbocycles. The van der Waals surface area contributed by atoms with Gasteiger partial charge in [0.1, 0.15) is 42.7 Å². The fourth-order valence-corrected chi connectivity index (χ4v) is 5.70. The van der Waals surface area contributed by atoms with Crippen molar-refractivity contribution in [3.05, 3.63) is 0 Å². The third kappa shape index (κ3) is 13.7. The summed E-state index contributed by atoms with van der Waals surface area (Å²) in [6.07, 6.45) is 8.23. The maximum absolute atomic E-state index is 10.4. The molecule has 0 aromatic carbocycles. The van der Waals surface area contributed by atoms with E-state index in [0.717, 1.165) is 12.8 Å². The minimum absolute atomic E-state index is 0.0293. The van der Waals surface area contributed by atoms with Crippen LogP contribution < -0.4 is 22.9 Å². The van der Waals surface area contributed by atoms with Crippen LogP contribution in [0.3, 0.4) is 0 Å². The summed E-state index contributed by atoms with van der Waals surface area (Å²) < 4.78 is 29.2. The molecule has 2 heterocycles. The van der Waals surface area contributed by atoms with E-state index in [-0.39, 0.29) is 26.3 Å². The summed E-state index contributed by atoms with van der Waals surface area (Å²) in [6, 6.07) is -2.05. The van der Waals surface area contributed by atoms with E-state index in [1.807, 2.05) is 0 Å². The Morgan fingerprint density at radius 3 is 1.50 bits per heavy atom. The number of nitrogens with two attached hydrogens (primary N) is 4. The molecule has 0 spiro atoms. The van der Waals surface area contributed by atoms with Crippen molar-refractivity contribution in [1.82, 2.24) is 0 Å². The number of aliphatic hydroxyl groups is 4. The van der Waals surface area contributed by atoms with Crippen LogP contribution in [0.1, 0.15) is 96.8 Å². The zero-order valence-electron chi connectivity index (χ0n) is 26.9. The van der Waals surface area contributed by atoms with E-state index in [1.165, 1.54) is 77.0 Å². The quantitative estimate of drug-likeness (QED) is 0.0669. The molecular formula is C31H64N4O9. The van der Waals surface area contributed by atoms with Crippen LogP contribution in [-0.2, 0) is 23.7 Å². The van der Waals surface area contributed by atoms with Gasteiger partial charge in [0.05, 0.1) is 25.3 Å². The lowest BCUT2D eigenvalue weighted by Crippen LogP contribution is -2.64. The molecule has 0 bridgehead atoms. The highest BCUT2D eigenvalue weighted by molar-refractivity contribution is 4.93. The van der Waals surface area contributed by atoms with Crippen LogP contribution in [0.15, 0.2) is 0 Å². The normalized spacial score (nSPS) is 33.5. The lowest BCUT2D eigenvalue weighted by molar-refractivity contribution is -0.294. The molecule has 0 aromatic rings. The summed E-state index contributed by atoms with van der Waals surface area (Å²) >= 11 is 0. The van der Waals surface area contributed by atoms with Crippen molar-refractivity contribution in [2.75, 3.05) is 32.9 Å². The number of aliphatic hydroxyl groups excluding tert-OH is 4. The van der Waals surface area contributed by atoms with Crippen molar-refractivity contribution in [2.24, 2.45) is 22.9 Å². The largest absolute Gasteiger partial charge is 0.388 e. The molecule has 4 unspecified atom stereocenters. The molecule has 2 aliphatic heterocycles. The van der Waals surface area contributed by atoms with Crippen molar-refractivity contribution >= 4 is 0 Å². The van der Waals surface area contributed by atoms with Crippen LogP contribution in [0, 0.1) is 0 Å². The Bertz CT molecular complexity index is 711. The van der Waals surface area contributed by atoms with E-state index in [4.69, 9.17) is 46.6 Å². The second kappa shape index (κ2) is 22.9. The van der Waals surface area contributed by atoms with Crippen molar-refractivity contribution in [3.8, 4) is 0 Å². The van der Waals surface area contributed by atoms with Gasteiger partial charge in [0.25, 0.3) is 0 Å². The average molecular weight is 637 g/mol. The molecule has 262 valence electrons. The van der Waals surface area contributed by atoms with Crippen molar-refractivity contribution < 1.29 is 44.1 Å². The van der Waals surface area contributed by atoms with Gasteiger partial charge in [-0.05, 0) is 6.42 Å². The Morgan fingerprint density at radius 1 is 0.591 bits per heavy atom. The minimum Gasteiger partial charge on any atom is -0.388 e. The zero-order chi connectivity index (χ0) is 32.3. The SMILES string of the molecule is CCCCCCCCCCCCCCCCOC[C@H](CO[C@@H]1OC(CN)[C@@H](O)[C@H](O)C1N)O[C@@H]1OC(CN)[C@@H](O)[C@H](O)C1N. The highest BCUT2D eigenvalue weighted by Gasteiger charge is 2.45. The number of rotatable bonds is 24. The molecule has 0 radical (unpaired) electrons. The number of hydrogen-bond acceptors (Lipinski definition) is 13. The first-order chi connectivity index (χ1) is 21.2. The van der Waals surface area contributed by atoms with E-state index in [0.29, 0.717) is 6.61 Å². The molecule has 0 aliphatic carbocycles. The van der Waals surface area contributed by atoms with E-state index in [1.54, 1.807) is 0 Å². The molecule has 13 nitrogen and oxygen atoms in total. The maximum Gasteiger partial charge on any atom is 0.176 e. The summed E-state index contributed by atoms with van der Waals surface area (Å²) in [5.41, 5.74) is 23.5. The smallest absolute Gasteiger partial charge is 0.176 e. The summed E-state index contributed by atoms with van der Waals surface area (Å²) in [4.78, 5) is 0. The molecule has 2 rings (SSSR count). The van der Waals surface area contributed by atoms with Gasteiger partial charge in [-0.3, -0.25) is 0 Å². The molecule has 2 saturated heterocycles. The average Bonchev–Trinajstić information content (AvgIpc) is 3.02. The first kappa shape index (κ1) is 39.7. The van der Waals surface area contributed by atoms with Gasteiger partial charge in [0, 0.05) is 19.7 Å². The summed E-state index contributed by atoms with van der Waals surface area (Å²) in [7, 11) is 0. The van der Waals surface area contributed by atoms with Crippen LogP contribution in [0.2, 0.25) is 0 Å². The van der Waals surface area contributed by atoms with Crippen LogP contribution in [0.4, 0.5) is 0 Å². The van der Waals surface area contributed by atoms with Gasteiger partial charge in [-0.2, -0.15) is 0 Å². The molecule has 13 heteroatoms. The minimum atomic E-state index is -1.29. The number of ether oxygens (including phenoxy) is 5. The topological polar surface area (TPSA) is 231 Å². The van der Waals surface area contributed by atoms with Crippen LogP contribution in [0.25, 0.3) is 0 Å². The second-order valence-electron chi connectivity index (χ2n) is 12.4. The first-order valence-corrected chi connectivity index (χ1v) is 17.0. The van der Waals surface area contributed by atoms with Gasteiger partial charge >= 0.3 is 0 Å². The van der Waals surface area contributed by atoms with Gasteiger partial charge in [-0.15, -0.1) is 0 Å². The van der Waals surface area contributed by atoms with Crippen molar-refractivity contribution in [1.29, 1.82) is 0 Å². The number of unbranched alkanes of at least 4 members (excludes halogenated alkanes) is 13. The Hall–Kier alpha value is -0.520. The van der Waals surface area contributed by atoms with Crippen LogP contribution in [-0.4, -0.2) is 121 Å². The molecule has 0 aromatic heterocycles.